The Kier molecular flexibility index (Phi) is 4.98. The summed E-state index contributed by atoms with van der Waals surface area (Å²) >= 11 is 8.62. The number of amides is 1. The molecule has 3 rings (SSSR count). The molecule has 1 aromatic carbocycles. The lowest BCUT2D eigenvalue weighted by molar-refractivity contribution is 0.0992. The highest BCUT2D eigenvalue weighted by Gasteiger charge is 2.15. The molecule has 122 valence electrons. The summed E-state index contributed by atoms with van der Waals surface area (Å²) in [5.41, 5.74) is 0.630. The topological polar surface area (TPSA) is 85.1 Å². The van der Waals surface area contributed by atoms with E-state index in [1.165, 1.54) is 35.2 Å². The van der Waals surface area contributed by atoms with Crippen LogP contribution in [0.15, 0.2) is 49.9 Å². The first-order valence-corrected chi connectivity index (χ1v) is 9.07. The van der Waals surface area contributed by atoms with Crippen molar-refractivity contribution >= 4 is 45.7 Å². The molecule has 0 fully saturated rings. The lowest BCUT2D eigenvalue weighted by Gasteiger charge is -2.04. The Labute approximate surface area is 149 Å². The molecule has 2 heterocycles. The van der Waals surface area contributed by atoms with Gasteiger partial charge in [0.15, 0.2) is 10.1 Å². The highest BCUT2D eigenvalue weighted by molar-refractivity contribution is 8.00. The van der Waals surface area contributed by atoms with E-state index in [0.29, 0.717) is 21.3 Å². The second-order valence-corrected chi connectivity index (χ2v) is 7.04. The second kappa shape index (κ2) is 7.16. The van der Waals surface area contributed by atoms with Crippen LogP contribution >= 0.6 is 34.7 Å². The van der Waals surface area contributed by atoms with Gasteiger partial charge in [-0.1, -0.05) is 46.8 Å². The first-order chi connectivity index (χ1) is 11.5. The maximum Gasteiger partial charge on any atom is 0.336 e. The molecule has 9 heteroatoms. The Morgan fingerprint density at radius 3 is 2.79 bits per heavy atom. The van der Waals surface area contributed by atoms with Gasteiger partial charge >= 0.3 is 5.63 Å². The van der Waals surface area contributed by atoms with Gasteiger partial charge in [0.05, 0.1) is 0 Å². The van der Waals surface area contributed by atoms with E-state index in [0.717, 1.165) is 4.34 Å². The number of nitrogens with zero attached hydrogens (tertiary/aromatic N) is 2. The highest BCUT2D eigenvalue weighted by atomic mass is 35.5. The van der Waals surface area contributed by atoms with Crippen LogP contribution in [0, 0.1) is 0 Å². The predicted molar refractivity (Wildman–Crippen MR) is 95.1 cm³/mol. The van der Waals surface area contributed by atoms with E-state index >= 15 is 0 Å². The van der Waals surface area contributed by atoms with Gasteiger partial charge in [0.25, 0.3) is 5.91 Å². The Bertz CT molecular complexity index is 955. The molecule has 1 N–H and O–H groups in total. The molecule has 24 heavy (non-hydrogen) atoms. The summed E-state index contributed by atoms with van der Waals surface area (Å²) < 4.78 is 5.71. The molecule has 0 atom stereocenters. The van der Waals surface area contributed by atoms with E-state index < -0.39 is 11.5 Å². The number of halogens is 1. The molecule has 0 radical (unpaired) electrons. The average molecular weight is 380 g/mol. The van der Waals surface area contributed by atoms with E-state index in [-0.39, 0.29) is 5.76 Å². The molecule has 0 aliphatic rings. The lowest BCUT2D eigenvalue weighted by atomic mass is 10.1. The number of hydrogen-bond donors (Lipinski definition) is 1. The average Bonchev–Trinajstić information content (AvgIpc) is 3.02. The molecule has 3 aromatic rings. The molecule has 0 saturated heterocycles. The molecule has 0 saturated carbocycles. The van der Waals surface area contributed by atoms with Gasteiger partial charge in [0, 0.05) is 11.1 Å². The zero-order valence-corrected chi connectivity index (χ0v) is 14.7. The zero-order valence-electron chi connectivity index (χ0n) is 12.3. The Morgan fingerprint density at radius 2 is 2.08 bits per heavy atom. The standard InChI is InChI=1S/C15H10ClN3O3S2/c1-23-15-19-18-14(24-15)17-13(21)11-6-9(7-12(20)22-11)8-3-2-4-10(16)5-8/h2-7H,1H3,(H,17,18,21). The minimum atomic E-state index is -0.625. The molecule has 1 amide bonds. The van der Waals surface area contributed by atoms with Gasteiger partial charge in [-0.15, -0.1) is 10.2 Å². The first kappa shape index (κ1) is 16.7. The maximum absolute atomic E-state index is 12.3. The van der Waals surface area contributed by atoms with Gasteiger partial charge in [-0.3, -0.25) is 10.1 Å². The Balaban J connectivity index is 1.90. The largest absolute Gasteiger partial charge is 0.417 e. The minimum Gasteiger partial charge on any atom is -0.417 e. The van der Waals surface area contributed by atoms with Gasteiger partial charge in [0.1, 0.15) is 0 Å². The maximum atomic E-state index is 12.3. The van der Waals surface area contributed by atoms with E-state index in [4.69, 9.17) is 16.0 Å². The molecule has 0 unspecified atom stereocenters. The van der Waals surface area contributed by atoms with Crippen molar-refractivity contribution in [2.24, 2.45) is 0 Å². The van der Waals surface area contributed by atoms with Crippen molar-refractivity contribution in [2.75, 3.05) is 11.6 Å². The molecule has 0 bridgehead atoms. The molecular formula is C15H10ClN3O3S2. The third-order valence-electron chi connectivity index (χ3n) is 2.95. The van der Waals surface area contributed by atoms with Crippen molar-refractivity contribution in [1.29, 1.82) is 0 Å². The number of carbonyl (C=O) groups excluding carboxylic acids is 1. The zero-order chi connectivity index (χ0) is 17.1. The van der Waals surface area contributed by atoms with E-state index in [9.17, 15) is 9.59 Å². The lowest BCUT2D eigenvalue weighted by Crippen LogP contribution is -2.14. The summed E-state index contributed by atoms with van der Waals surface area (Å²) in [5.74, 6) is -0.682. The van der Waals surface area contributed by atoms with Crippen LogP contribution in [0.25, 0.3) is 11.1 Å². The highest BCUT2D eigenvalue weighted by Crippen LogP contribution is 2.25. The molecule has 0 aliphatic heterocycles. The first-order valence-electron chi connectivity index (χ1n) is 6.65. The summed E-state index contributed by atoms with van der Waals surface area (Å²) in [6, 6.07) is 9.77. The summed E-state index contributed by atoms with van der Waals surface area (Å²) in [4.78, 5) is 24.0. The summed E-state index contributed by atoms with van der Waals surface area (Å²) in [6.07, 6.45) is 1.86. The number of carbonyl (C=O) groups is 1. The molecule has 6 nitrogen and oxygen atoms in total. The summed E-state index contributed by atoms with van der Waals surface area (Å²) in [6.45, 7) is 0. The Hall–Kier alpha value is -2.16. The van der Waals surface area contributed by atoms with Crippen LogP contribution in [0.1, 0.15) is 10.6 Å². The number of hydrogen-bond acceptors (Lipinski definition) is 7. The van der Waals surface area contributed by atoms with E-state index in [1.807, 2.05) is 6.26 Å². The van der Waals surface area contributed by atoms with Crippen LogP contribution < -0.4 is 10.9 Å². The van der Waals surface area contributed by atoms with Crippen molar-refractivity contribution in [3.8, 4) is 11.1 Å². The fourth-order valence-electron chi connectivity index (χ4n) is 1.93. The normalized spacial score (nSPS) is 10.6. The van der Waals surface area contributed by atoms with Gasteiger partial charge < -0.3 is 4.42 Å². The van der Waals surface area contributed by atoms with Crippen molar-refractivity contribution < 1.29 is 9.21 Å². The van der Waals surface area contributed by atoms with Gasteiger partial charge in [-0.2, -0.15) is 0 Å². The SMILES string of the molecule is CSc1nnc(NC(=O)c2cc(-c3cccc(Cl)c3)cc(=O)o2)s1. The van der Waals surface area contributed by atoms with Crippen LogP contribution in [-0.4, -0.2) is 22.4 Å². The smallest absolute Gasteiger partial charge is 0.336 e. The fourth-order valence-corrected chi connectivity index (χ4v) is 3.28. The third-order valence-corrected chi connectivity index (χ3v) is 5.00. The Morgan fingerprint density at radius 1 is 1.25 bits per heavy atom. The van der Waals surface area contributed by atoms with Crippen LogP contribution in [-0.2, 0) is 0 Å². The minimum absolute atomic E-state index is 0.113. The fraction of sp³-hybridized carbons (Fsp3) is 0.0667. The van der Waals surface area contributed by atoms with Crippen LogP contribution in [0.3, 0.4) is 0 Å². The van der Waals surface area contributed by atoms with Crippen molar-refractivity contribution in [2.45, 2.75) is 4.34 Å². The number of benzene rings is 1. The van der Waals surface area contributed by atoms with Crippen LogP contribution in [0.4, 0.5) is 5.13 Å². The van der Waals surface area contributed by atoms with Gasteiger partial charge in [0.2, 0.25) is 5.13 Å². The van der Waals surface area contributed by atoms with Gasteiger partial charge in [-0.05, 0) is 35.6 Å². The third kappa shape index (κ3) is 3.84. The summed E-state index contributed by atoms with van der Waals surface area (Å²) in [7, 11) is 0. The van der Waals surface area contributed by atoms with Crippen LogP contribution in [0.2, 0.25) is 5.02 Å². The number of nitrogens with one attached hydrogen (secondary N) is 1. The van der Waals surface area contributed by atoms with Crippen molar-refractivity contribution in [1.82, 2.24) is 10.2 Å². The van der Waals surface area contributed by atoms with Crippen molar-refractivity contribution in [3.05, 3.63) is 57.6 Å². The molecular weight excluding hydrogens is 370 g/mol. The number of anilines is 1. The quantitative estimate of drug-likeness (QED) is 0.548. The summed E-state index contributed by atoms with van der Waals surface area (Å²) in [5, 5.41) is 11.2. The number of aromatic nitrogens is 2. The number of rotatable bonds is 4. The number of thioether (sulfide) groups is 1. The molecule has 0 spiro atoms. The van der Waals surface area contributed by atoms with E-state index in [2.05, 4.69) is 15.5 Å². The van der Waals surface area contributed by atoms with Crippen LogP contribution in [0.5, 0.6) is 0 Å². The monoisotopic (exact) mass is 379 g/mol. The predicted octanol–water partition coefficient (Wildman–Crippen LogP) is 3.79. The second-order valence-electron chi connectivity index (χ2n) is 4.57. The molecule has 2 aromatic heterocycles. The van der Waals surface area contributed by atoms with E-state index in [1.54, 1.807) is 24.3 Å². The molecule has 0 aliphatic carbocycles. The van der Waals surface area contributed by atoms with Gasteiger partial charge in [-0.25, -0.2) is 4.79 Å². The van der Waals surface area contributed by atoms with Crippen molar-refractivity contribution in [3.63, 3.8) is 0 Å².